The van der Waals surface area contributed by atoms with Gasteiger partial charge >= 0.3 is 5.97 Å². The Morgan fingerprint density at radius 1 is 1.59 bits per heavy atom. The lowest BCUT2D eigenvalue weighted by Gasteiger charge is -2.37. The van der Waals surface area contributed by atoms with Crippen molar-refractivity contribution in [3.63, 3.8) is 0 Å². The Labute approximate surface area is 104 Å². The number of likely N-dealkylation sites (tertiary alicyclic amines) is 1. The van der Waals surface area contributed by atoms with E-state index in [0.717, 1.165) is 25.4 Å². The maximum Gasteiger partial charge on any atom is 0.330 e. The fraction of sp³-hybridized carbons (Fsp3) is 0.769. The molecular formula is C13H24N2O2. The average molecular weight is 240 g/mol. The predicted molar refractivity (Wildman–Crippen MR) is 68.6 cm³/mol. The maximum atomic E-state index is 11.1. The topological polar surface area (TPSA) is 55.6 Å². The summed E-state index contributed by atoms with van der Waals surface area (Å²) in [6.07, 6.45) is 5.75. The Hall–Kier alpha value is -0.870. The molecule has 0 aromatic carbocycles. The number of nitrogens with zero attached hydrogens (tertiary/aromatic N) is 1. The summed E-state index contributed by atoms with van der Waals surface area (Å²) in [6, 6.07) is 0.450. The van der Waals surface area contributed by atoms with Crippen molar-refractivity contribution in [2.45, 2.75) is 32.7 Å². The highest BCUT2D eigenvalue weighted by atomic mass is 16.5. The van der Waals surface area contributed by atoms with E-state index in [0.29, 0.717) is 19.2 Å². The molecule has 0 spiro atoms. The number of hydrogen-bond donors (Lipinski definition) is 1. The van der Waals surface area contributed by atoms with E-state index in [9.17, 15) is 4.79 Å². The fourth-order valence-electron chi connectivity index (χ4n) is 2.26. The number of rotatable bonds is 5. The van der Waals surface area contributed by atoms with E-state index in [2.05, 4.69) is 11.8 Å². The summed E-state index contributed by atoms with van der Waals surface area (Å²) in [4.78, 5) is 13.5. The number of nitrogens with two attached hydrogens (primary N) is 1. The van der Waals surface area contributed by atoms with E-state index in [1.807, 2.05) is 13.0 Å². The van der Waals surface area contributed by atoms with Crippen LogP contribution in [0.5, 0.6) is 0 Å². The normalized spacial score (nSPS) is 26.3. The van der Waals surface area contributed by atoms with E-state index in [1.54, 1.807) is 0 Å². The lowest BCUT2D eigenvalue weighted by atomic mass is 9.92. The molecule has 0 aromatic heterocycles. The van der Waals surface area contributed by atoms with E-state index in [1.165, 1.54) is 12.5 Å². The zero-order chi connectivity index (χ0) is 12.7. The molecule has 4 heteroatoms. The Bertz CT molecular complexity index is 266. The summed E-state index contributed by atoms with van der Waals surface area (Å²) < 4.78 is 4.83. The number of ether oxygens (including phenoxy) is 1. The molecule has 98 valence electrons. The van der Waals surface area contributed by atoms with Crippen molar-refractivity contribution in [3.8, 4) is 0 Å². The van der Waals surface area contributed by atoms with Gasteiger partial charge in [-0.1, -0.05) is 13.0 Å². The van der Waals surface area contributed by atoms with Gasteiger partial charge in [0, 0.05) is 25.2 Å². The minimum absolute atomic E-state index is 0.262. The van der Waals surface area contributed by atoms with Crippen LogP contribution in [0.4, 0.5) is 0 Å². The highest BCUT2D eigenvalue weighted by Crippen LogP contribution is 2.21. The van der Waals surface area contributed by atoms with Gasteiger partial charge in [-0.05, 0) is 32.2 Å². The van der Waals surface area contributed by atoms with Crippen molar-refractivity contribution in [3.05, 3.63) is 12.2 Å². The van der Waals surface area contributed by atoms with E-state index in [4.69, 9.17) is 10.5 Å². The largest absolute Gasteiger partial charge is 0.463 e. The number of esters is 1. The summed E-state index contributed by atoms with van der Waals surface area (Å²) in [5, 5.41) is 0. The van der Waals surface area contributed by atoms with Gasteiger partial charge in [-0.2, -0.15) is 0 Å². The predicted octanol–water partition coefficient (Wildman–Crippen LogP) is 1.16. The molecule has 4 nitrogen and oxygen atoms in total. The quantitative estimate of drug-likeness (QED) is 0.579. The van der Waals surface area contributed by atoms with Crippen LogP contribution >= 0.6 is 0 Å². The van der Waals surface area contributed by atoms with Gasteiger partial charge in [0.15, 0.2) is 0 Å². The van der Waals surface area contributed by atoms with Crippen LogP contribution < -0.4 is 5.73 Å². The third-order valence-corrected chi connectivity index (χ3v) is 3.25. The van der Waals surface area contributed by atoms with E-state index in [-0.39, 0.29) is 5.97 Å². The number of piperidine rings is 1. The Balaban J connectivity index is 2.37. The van der Waals surface area contributed by atoms with Crippen molar-refractivity contribution in [2.75, 3.05) is 26.2 Å². The van der Waals surface area contributed by atoms with Crippen molar-refractivity contribution in [1.29, 1.82) is 0 Å². The van der Waals surface area contributed by atoms with Crippen LogP contribution in [0, 0.1) is 5.92 Å². The third kappa shape index (κ3) is 4.88. The zero-order valence-corrected chi connectivity index (χ0v) is 10.9. The molecule has 1 heterocycles. The smallest absolute Gasteiger partial charge is 0.330 e. The minimum Gasteiger partial charge on any atom is -0.463 e. The Kier molecular flexibility index (Phi) is 6.22. The molecule has 1 aliphatic heterocycles. The molecule has 2 atom stereocenters. The van der Waals surface area contributed by atoms with Gasteiger partial charge in [0.25, 0.3) is 0 Å². The molecule has 2 N–H and O–H groups in total. The van der Waals surface area contributed by atoms with Crippen LogP contribution in [0.15, 0.2) is 12.2 Å². The molecular weight excluding hydrogens is 216 g/mol. The van der Waals surface area contributed by atoms with Gasteiger partial charge in [0.05, 0.1) is 6.61 Å². The highest BCUT2D eigenvalue weighted by Gasteiger charge is 2.23. The summed E-state index contributed by atoms with van der Waals surface area (Å²) in [6.45, 7) is 7.05. The molecule has 17 heavy (non-hydrogen) atoms. The summed E-state index contributed by atoms with van der Waals surface area (Å²) in [5.74, 6) is 0.496. The van der Waals surface area contributed by atoms with Crippen LogP contribution in [-0.2, 0) is 9.53 Å². The molecule has 2 unspecified atom stereocenters. The molecule has 1 saturated heterocycles. The lowest BCUT2D eigenvalue weighted by Crippen LogP contribution is -2.46. The average Bonchev–Trinajstić information content (AvgIpc) is 2.31. The van der Waals surface area contributed by atoms with Crippen LogP contribution in [-0.4, -0.2) is 43.2 Å². The standard InChI is InChI=1S/C13H24N2O2/c1-3-17-13(16)5-4-7-15-8-6-11(2)9-12(15)10-14/h4-5,11-12H,3,6-10,14H2,1-2H3/b5-4+. The molecule has 0 bridgehead atoms. The molecule has 0 aliphatic carbocycles. The number of carbonyl (C=O) groups excluding carboxylic acids is 1. The van der Waals surface area contributed by atoms with Crippen molar-refractivity contribution >= 4 is 5.97 Å². The second kappa shape index (κ2) is 7.45. The Morgan fingerprint density at radius 3 is 3.00 bits per heavy atom. The molecule has 1 rings (SSSR count). The molecule has 0 aromatic rings. The Morgan fingerprint density at radius 2 is 2.35 bits per heavy atom. The number of hydrogen-bond acceptors (Lipinski definition) is 4. The monoisotopic (exact) mass is 240 g/mol. The summed E-state index contributed by atoms with van der Waals surface area (Å²) in [7, 11) is 0. The molecule has 1 fully saturated rings. The number of carbonyl (C=O) groups is 1. The third-order valence-electron chi connectivity index (χ3n) is 3.25. The van der Waals surface area contributed by atoms with Crippen molar-refractivity contribution in [1.82, 2.24) is 4.90 Å². The first-order valence-electron chi connectivity index (χ1n) is 6.44. The van der Waals surface area contributed by atoms with Crippen LogP contribution in [0.3, 0.4) is 0 Å². The molecule has 1 aliphatic rings. The lowest BCUT2D eigenvalue weighted by molar-refractivity contribution is -0.137. The van der Waals surface area contributed by atoms with Gasteiger partial charge in [-0.15, -0.1) is 0 Å². The summed E-state index contributed by atoms with van der Waals surface area (Å²) in [5.41, 5.74) is 5.78. The van der Waals surface area contributed by atoms with Crippen molar-refractivity contribution < 1.29 is 9.53 Å². The SMILES string of the molecule is CCOC(=O)/C=C/CN1CCC(C)CC1CN. The van der Waals surface area contributed by atoms with Crippen molar-refractivity contribution in [2.24, 2.45) is 11.7 Å². The molecule has 0 radical (unpaired) electrons. The van der Waals surface area contributed by atoms with Crippen LogP contribution in [0.25, 0.3) is 0 Å². The van der Waals surface area contributed by atoms with Crippen LogP contribution in [0.2, 0.25) is 0 Å². The van der Waals surface area contributed by atoms with Gasteiger partial charge < -0.3 is 10.5 Å². The first kappa shape index (κ1) is 14.2. The minimum atomic E-state index is -0.262. The van der Waals surface area contributed by atoms with Gasteiger partial charge in [0.1, 0.15) is 0 Å². The first-order valence-corrected chi connectivity index (χ1v) is 6.44. The zero-order valence-electron chi connectivity index (χ0n) is 10.9. The summed E-state index contributed by atoms with van der Waals surface area (Å²) >= 11 is 0. The fourth-order valence-corrected chi connectivity index (χ4v) is 2.26. The van der Waals surface area contributed by atoms with E-state index >= 15 is 0 Å². The molecule has 0 saturated carbocycles. The maximum absolute atomic E-state index is 11.1. The van der Waals surface area contributed by atoms with Gasteiger partial charge in [0.2, 0.25) is 0 Å². The van der Waals surface area contributed by atoms with Gasteiger partial charge in [-0.25, -0.2) is 4.79 Å². The second-order valence-corrected chi connectivity index (χ2v) is 4.67. The molecule has 0 amide bonds. The first-order chi connectivity index (χ1) is 8.17. The highest BCUT2D eigenvalue weighted by molar-refractivity contribution is 5.81. The van der Waals surface area contributed by atoms with Gasteiger partial charge in [-0.3, -0.25) is 4.90 Å². The van der Waals surface area contributed by atoms with E-state index < -0.39 is 0 Å². The van der Waals surface area contributed by atoms with Crippen LogP contribution in [0.1, 0.15) is 26.7 Å². The second-order valence-electron chi connectivity index (χ2n) is 4.67.